The second kappa shape index (κ2) is 8.25. The maximum atomic E-state index is 12.1. The molecule has 1 fully saturated rings. The molecule has 0 bridgehead atoms. The molecule has 0 atom stereocenters. The Morgan fingerprint density at radius 2 is 1.78 bits per heavy atom. The monoisotopic (exact) mass is 316 g/mol. The first-order valence-corrected chi connectivity index (χ1v) is 8.50. The van der Waals surface area contributed by atoms with E-state index in [0.717, 1.165) is 30.9 Å². The Kier molecular flexibility index (Phi) is 6.34. The number of aliphatic imine (C=N–C) groups is 1. The Balaban J connectivity index is 1.94. The highest BCUT2D eigenvalue weighted by Crippen LogP contribution is 2.22. The Hall–Kier alpha value is -1.68. The molecule has 23 heavy (non-hydrogen) atoms. The van der Waals surface area contributed by atoms with Crippen LogP contribution in [0.15, 0.2) is 35.3 Å². The number of benzene rings is 1. The van der Waals surface area contributed by atoms with Crippen molar-refractivity contribution < 1.29 is 9.53 Å². The van der Waals surface area contributed by atoms with Gasteiger partial charge in [-0.2, -0.15) is 4.99 Å². The van der Waals surface area contributed by atoms with Crippen LogP contribution in [0.2, 0.25) is 0 Å². The van der Waals surface area contributed by atoms with Crippen LogP contribution in [-0.4, -0.2) is 42.9 Å². The number of nitrogens with zero attached hydrogens (tertiary/aromatic N) is 2. The molecule has 4 nitrogen and oxygen atoms in total. The fourth-order valence-corrected chi connectivity index (χ4v) is 2.83. The zero-order valence-corrected chi connectivity index (χ0v) is 14.5. The second-order valence-corrected chi connectivity index (χ2v) is 7.09. The SMILES string of the molecule is CC(C)(C)/C(=N/C(=O)OCCN1CCCCC1)c1ccccc1. The van der Waals surface area contributed by atoms with Crippen LogP contribution in [0.25, 0.3) is 0 Å². The van der Waals surface area contributed by atoms with E-state index in [1.54, 1.807) is 0 Å². The summed E-state index contributed by atoms with van der Waals surface area (Å²) in [5.74, 6) is 0. The minimum Gasteiger partial charge on any atom is -0.447 e. The van der Waals surface area contributed by atoms with Crippen molar-refractivity contribution in [3.8, 4) is 0 Å². The average Bonchev–Trinajstić information content (AvgIpc) is 2.53. The lowest BCUT2D eigenvalue weighted by Gasteiger charge is -2.26. The van der Waals surface area contributed by atoms with Gasteiger partial charge >= 0.3 is 6.09 Å². The first-order valence-electron chi connectivity index (χ1n) is 8.50. The molecule has 1 aliphatic heterocycles. The van der Waals surface area contributed by atoms with Crippen LogP contribution in [0.4, 0.5) is 4.79 Å². The van der Waals surface area contributed by atoms with Crippen molar-refractivity contribution in [2.75, 3.05) is 26.2 Å². The van der Waals surface area contributed by atoms with Crippen molar-refractivity contribution in [3.05, 3.63) is 35.9 Å². The van der Waals surface area contributed by atoms with Gasteiger partial charge in [0.25, 0.3) is 0 Å². The maximum absolute atomic E-state index is 12.1. The number of carbonyl (C=O) groups excluding carboxylic acids is 1. The van der Waals surface area contributed by atoms with Crippen molar-refractivity contribution in [2.24, 2.45) is 10.4 Å². The van der Waals surface area contributed by atoms with E-state index in [2.05, 4.69) is 30.7 Å². The Labute approximate surface area is 139 Å². The van der Waals surface area contributed by atoms with Gasteiger partial charge in [-0.05, 0) is 31.5 Å². The molecular formula is C19H28N2O2. The van der Waals surface area contributed by atoms with E-state index in [4.69, 9.17) is 4.74 Å². The topological polar surface area (TPSA) is 41.9 Å². The van der Waals surface area contributed by atoms with Gasteiger partial charge < -0.3 is 4.74 Å². The van der Waals surface area contributed by atoms with E-state index >= 15 is 0 Å². The molecular weight excluding hydrogens is 288 g/mol. The molecule has 4 heteroatoms. The van der Waals surface area contributed by atoms with Crippen molar-refractivity contribution in [1.82, 2.24) is 4.90 Å². The van der Waals surface area contributed by atoms with Gasteiger partial charge in [-0.25, -0.2) is 4.79 Å². The number of ether oxygens (including phenoxy) is 1. The largest absolute Gasteiger partial charge is 0.447 e. The van der Waals surface area contributed by atoms with Gasteiger partial charge in [0.1, 0.15) is 6.61 Å². The highest BCUT2D eigenvalue weighted by Gasteiger charge is 2.22. The predicted octanol–water partition coefficient (Wildman–Crippen LogP) is 4.14. The number of amides is 1. The minimum atomic E-state index is -0.490. The van der Waals surface area contributed by atoms with Gasteiger partial charge in [0, 0.05) is 12.0 Å². The fraction of sp³-hybridized carbons (Fsp3) is 0.579. The quantitative estimate of drug-likeness (QED) is 0.784. The predicted molar refractivity (Wildman–Crippen MR) is 94.1 cm³/mol. The lowest BCUT2D eigenvalue weighted by Crippen LogP contribution is -2.33. The zero-order valence-electron chi connectivity index (χ0n) is 14.5. The highest BCUT2D eigenvalue weighted by atomic mass is 16.5. The molecule has 1 aromatic carbocycles. The molecule has 0 radical (unpaired) electrons. The van der Waals surface area contributed by atoms with Crippen LogP contribution in [0.3, 0.4) is 0 Å². The standard InChI is InChI=1S/C19H28N2O2/c1-19(2,3)17(16-10-6-4-7-11-16)20-18(22)23-15-14-21-12-8-5-9-13-21/h4,6-7,10-11H,5,8-9,12-15H2,1-3H3/b20-17+. The molecule has 0 N–H and O–H groups in total. The summed E-state index contributed by atoms with van der Waals surface area (Å²) in [6.07, 6.45) is 3.31. The van der Waals surface area contributed by atoms with Crippen molar-refractivity contribution in [2.45, 2.75) is 40.0 Å². The van der Waals surface area contributed by atoms with Gasteiger partial charge in [-0.1, -0.05) is 57.5 Å². The molecule has 1 aliphatic rings. The van der Waals surface area contributed by atoms with Gasteiger partial charge in [0.05, 0.1) is 5.71 Å². The van der Waals surface area contributed by atoms with Crippen LogP contribution in [0.5, 0.6) is 0 Å². The third-order valence-electron chi connectivity index (χ3n) is 4.04. The van der Waals surface area contributed by atoms with E-state index in [0.29, 0.717) is 6.61 Å². The Morgan fingerprint density at radius 3 is 2.39 bits per heavy atom. The van der Waals surface area contributed by atoms with Crippen molar-refractivity contribution >= 4 is 11.8 Å². The lowest BCUT2D eigenvalue weighted by atomic mass is 9.85. The van der Waals surface area contributed by atoms with Crippen LogP contribution < -0.4 is 0 Å². The van der Waals surface area contributed by atoms with Gasteiger partial charge in [-0.3, -0.25) is 4.90 Å². The smallest absolute Gasteiger partial charge is 0.433 e. The number of carbonyl (C=O) groups is 1. The third-order valence-corrected chi connectivity index (χ3v) is 4.04. The number of rotatable bonds is 4. The molecule has 1 heterocycles. The molecule has 0 aromatic heterocycles. The summed E-state index contributed by atoms with van der Waals surface area (Å²) in [4.78, 5) is 18.7. The van der Waals surface area contributed by atoms with Gasteiger partial charge in [-0.15, -0.1) is 0 Å². The summed E-state index contributed by atoms with van der Waals surface area (Å²) in [6.45, 7) is 9.60. The Bertz CT molecular complexity index is 526. The van der Waals surface area contributed by atoms with E-state index in [1.165, 1.54) is 19.3 Å². The first-order chi connectivity index (χ1) is 11.0. The summed E-state index contributed by atoms with van der Waals surface area (Å²) in [7, 11) is 0. The maximum Gasteiger partial charge on any atom is 0.433 e. The molecule has 0 aliphatic carbocycles. The van der Waals surface area contributed by atoms with E-state index in [1.807, 2.05) is 30.3 Å². The molecule has 126 valence electrons. The van der Waals surface area contributed by atoms with Crippen LogP contribution in [0, 0.1) is 5.41 Å². The molecule has 0 unspecified atom stereocenters. The van der Waals surface area contributed by atoms with E-state index in [9.17, 15) is 4.79 Å². The molecule has 0 saturated carbocycles. The molecule has 1 aromatic rings. The summed E-state index contributed by atoms with van der Waals surface area (Å²) in [6, 6.07) is 9.83. The number of hydrogen-bond acceptors (Lipinski definition) is 3. The highest BCUT2D eigenvalue weighted by molar-refractivity contribution is 6.08. The number of piperidine rings is 1. The van der Waals surface area contributed by atoms with Crippen molar-refractivity contribution in [1.29, 1.82) is 0 Å². The normalized spacial score (nSPS) is 17.1. The fourth-order valence-electron chi connectivity index (χ4n) is 2.83. The van der Waals surface area contributed by atoms with Gasteiger partial charge in [0.15, 0.2) is 0 Å². The molecule has 1 amide bonds. The first kappa shape index (κ1) is 17.7. The third kappa shape index (κ3) is 5.79. The lowest BCUT2D eigenvalue weighted by molar-refractivity contribution is 0.128. The Morgan fingerprint density at radius 1 is 1.13 bits per heavy atom. The van der Waals surface area contributed by atoms with Crippen LogP contribution >= 0.6 is 0 Å². The molecule has 0 spiro atoms. The number of hydrogen-bond donors (Lipinski definition) is 0. The van der Waals surface area contributed by atoms with Crippen LogP contribution in [-0.2, 0) is 4.74 Å². The molecule has 1 saturated heterocycles. The van der Waals surface area contributed by atoms with Crippen molar-refractivity contribution in [3.63, 3.8) is 0 Å². The zero-order chi connectivity index (χ0) is 16.7. The second-order valence-electron chi connectivity index (χ2n) is 7.09. The summed E-state index contributed by atoms with van der Waals surface area (Å²) >= 11 is 0. The minimum absolute atomic E-state index is 0.215. The number of likely N-dealkylation sites (tertiary alicyclic amines) is 1. The molecule has 2 rings (SSSR count). The van der Waals surface area contributed by atoms with Crippen LogP contribution in [0.1, 0.15) is 45.6 Å². The average molecular weight is 316 g/mol. The van der Waals surface area contributed by atoms with E-state index in [-0.39, 0.29) is 5.41 Å². The van der Waals surface area contributed by atoms with E-state index < -0.39 is 6.09 Å². The van der Waals surface area contributed by atoms with Gasteiger partial charge in [0.2, 0.25) is 0 Å². The summed E-state index contributed by atoms with van der Waals surface area (Å²) < 4.78 is 5.32. The summed E-state index contributed by atoms with van der Waals surface area (Å²) in [5, 5.41) is 0. The summed E-state index contributed by atoms with van der Waals surface area (Å²) in [5.41, 5.74) is 1.52.